The normalized spacial score (nSPS) is 13.3. The Balaban J connectivity index is 2.43. The summed E-state index contributed by atoms with van der Waals surface area (Å²) in [4.78, 5) is 0. The summed E-state index contributed by atoms with van der Waals surface area (Å²) >= 11 is 0. The Kier molecular flexibility index (Phi) is 6.29. The Morgan fingerprint density at radius 2 is 2.00 bits per heavy atom. The number of alkyl halides is 3. The first-order valence-corrected chi connectivity index (χ1v) is 6.36. The van der Waals surface area contributed by atoms with Gasteiger partial charge in [0.05, 0.1) is 13.7 Å². The Bertz CT molecular complexity index is 421. The molecule has 0 heterocycles. The fourth-order valence-corrected chi connectivity index (χ4v) is 1.84. The third kappa shape index (κ3) is 5.79. The molecule has 0 spiro atoms. The fourth-order valence-electron chi connectivity index (χ4n) is 1.84. The van der Waals surface area contributed by atoms with Crippen LogP contribution in [0.5, 0.6) is 5.75 Å². The molecular formula is C14H20F3NO2. The topological polar surface area (TPSA) is 30.5 Å². The summed E-state index contributed by atoms with van der Waals surface area (Å²) in [7, 11) is 1.59. The van der Waals surface area contributed by atoms with Gasteiger partial charge in [0.2, 0.25) is 0 Å². The molecule has 1 rings (SSSR count). The molecule has 0 aromatic heterocycles. The van der Waals surface area contributed by atoms with Gasteiger partial charge in [-0.25, -0.2) is 0 Å². The maximum absolute atomic E-state index is 11.9. The molecule has 0 saturated carbocycles. The van der Waals surface area contributed by atoms with Gasteiger partial charge in [-0.1, -0.05) is 17.7 Å². The number of halogens is 3. The van der Waals surface area contributed by atoms with Crippen molar-refractivity contribution in [1.82, 2.24) is 5.32 Å². The van der Waals surface area contributed by atoms with Crippen molar-refractivity contribution >= 4 is 0 Å². The Morgan fingerprint density at radius 1 is 1.30 bits per heavy atom. The number of rotatable bonds is 7. The van der Waals surface area contributed by atoms with Crippen molar-refractivity contribution in [2.75, 3.05) is 26.9 Å². The Hall–Kier alpha value is -1.27. The van der Waals surface area contributed by atoms with Crippen LogP contribution in [0.1, 0.15) is 24.1 Å². The second-order valence-corrected chi connectivity index (χ2v) is 4.59. The molecule has 0 amide bonds. The first-order chi connectivity index (χ1) is 9.33. The number of nitrogens with one attached hydrogen (secondary N) is 1. The summed E-state index contributed by atoms with van der Waals surface area (Å²) in [5.41, 5.74) is 2.08. The van der Waals surface area contributed by atoms with E-state index in [1.54, 1.807) is 7.11 Å². The second kappa shape index (κ2) is 7.50. The van der Waals surface area contributed by atoms with Gasteiger partial charge in [0, 0.05) is 18.2 Å². The van der Waals surface area contributed by atoms with Crippen LogP contribution in [-0.2, 0) is 4.74 Å². The summed E-state index contributed by atoms with van der Waals surface area (Å²) in [5.74, 6) is 0.756. The summed E-state index contributed by atoms with van der Waals surface area (Å²) in [6, 6.07) is 5.79. The van der Waals surface area contributed by atoms with Crippen LogP contribution < -0.4 is 10.1 Å². The van der Waals surface area contributed by atoms with Crippen LogP contribution >= 0.6 is 0 Å². The molecule has 1 unspecified atom stereocenters. The number of ether oxygens (including phenoxy) is 2. The van der Waals surface area contributed by atoms with E-state index < -0.39 is 12.8 Å². The van der Waals surface area contributed by atoms with Crippen LogP contribution in [0.3, 0.4) is 0 Å². The highest BCUT2D eigenvalue weighted by molar-refractivity contribution is 5.38. The average molecular weight is 291 g/mol. The van der Waals surface area contributed by atoms with E-state index in [-0.39, 0.29) is 12.6 Å². The number of benzene rings is 1. The standard InChI is InChI=1S/C14H20F3NO2/c1-10-4-5-13(19-3)12(8-10)11(2)18-6-7-20-9-14(15,16)17/h4-5,8,11,18H,6-7,9H2,1-3H3. The maximum Gasteiger partial charge on any atom is 0.411 e. The third-order valence-corrected chi connectivity index (χ3v) is 2.81. The van der Waals surface area contributed by atoms with Crippen molar-refractivity contribution in [2.45, 2.75) is 26.1 Å². The zero-order valence-corrected chi connectivity index (χ0v) is 11.9. The molecule has 3 nitrogen and oxygen atoms in total. The molecule has 0 saturated heterocycles. The highest BCUT2D eigenvalue weighted by Crippen LogP contribution is 2.25. The van der Waals surface area contributed by atoms with E-state index in [0.717, 1.165) is 16.9 Å². The Morgan fingerprint density at radius 3 is 2.60 bits per heavy atom. The van der Waals surface area contributed by atoms with Gasteiger partial charge in [-0.2, -0.15) is 13.2 Å². The van der Waals surface area contributed by atoms with Crippen LogP contribution in [0.15, 0.2) is 18.2 Å². The fraction of sp³-hybridized carbons (Fsp3) is 0.571. The molecule has 20 heavy (non-hydrogen) atoms. The van der Waals surface area contributed by atoms with Crippen LogP contribution in [0.25, 0.3) is 0 Å². The van der Waals surface area contributed by atoms with Crippen molar-refractivity contribution in [1.29, 1.82) is 0 Å². The molecule has 0 aliphatic heterocycles. The maximum atomic E-state index is 11.9. The third-order valence-electron chi connectivity index (χ3n) is 2.81. The highest BCUT2D eigenvalue weighted by Gasteiger charge is 2.27. The smallest absolute Gasteiger partial charge is 0.411 e. The molecule has 1 aromatic carbocycles. The van der Waals surface area contributed by atoms with Crippen molar-refractivity contribution in [3.8, 4) is 5.75 Å². The van der Waals surface area contributed by atoms with Crippen molar-refractivity contribution in [3.63, 3.8) is 0 Å². The number of aryl methyl sites for hydroxylation is 1. The van der Waals surface area contributed by atoms with Crippen LogP contribution in [-0.4, -0.2) is 33.0 Å². The van der Waals surface area contributed by atoms with Gasteiger partial charge in [-0.15, -0.1) is 0 Å². The molecule has 0 aliphatic rings. The SMILES string of the molecule is COc1ccc(C)cc1C(C)NCCOCC(F)(F)F. The van der Waals surface area contributed by atoms with Gasteiger partial charge in [0.25, 0.3) is 0 Å². The Labute approximate surface area is 117 Å². The van der Waals surface area contributed by atoms with E-state index in [2.05, 4.69) is 10.1 Å². The van der Waals surface area contributed by atoms with Gasteiger partial charge in [0.1, 0.15) is 12.4 Å². The lowest BCUT2D eigenvalue weighted by Gasteiger charge is -2.18. The largest absolute Gasteiger partial charge is 0.496 e. The first-order valence-electron chi connectivity index (χ1n) is 6.36. The van der Waals surface area contributed by atoms with Gasteiger partial charge >= 0.3 is 6.18 Å². The van der Waals surface area contributed by atoms with Gasteiger partial charge in [-0.05, 0) is 19.9 Å². The summed E-state index contributed by atoms with van der Waals surface area (Å²) in [6.07, 6.45) is -4.27. The minimum absolute atomic E-state index is 0.0119. The summed E-state index contributed by atoms with van der Waals surface area (Å²) < 4.78 is 45.5. The minimum atomic E-state index is -4.27. The summed E-state index contributed by atoms with van der Waals surface area (Å²) in [6.45, 7) is 3.05. The van der Waals surface area contributed by atoms with Crippen molar-refractivity contribution in [2.24, 2.45) is 0 Å². The lowest BCUT2D eigenvalue weighted by molar-refractivity contribution is -0.173. The average Bonchev–Trinajstić information content (AvgIpc) is 2.36. The monoisotopic (exact) mass is 291 g/mol. The predicted octanol–water partition coefficient (Wildman–Crippen LogP) is 3.23. The first kappa shape index (κ1) is 16.8. The van der Waals surface area contributed by atoms with E-state index in [1.807, 2.05) is 32.0 Å². The number of methoxy groups -OCH3 is 1. The lowest BCUT2D eigenvalue weighted by Crippen LogP contribution is -2.26. The van der Waals surface area contributed by atoms with Crippen molar-refractivity contribution in [3.05, 3.63) is 29.3 Å². The van der Waals surface area contributed by atoms with E-state index in [1.165, 1.54) is 0 Å². The molecule has 1 atom stereocenters. The number of hydrogen-bond acceptors (Lipinski definition) is 3. The predicted molar refractivity (Wildman–Crippen MR) is 71.0 cm³/mol. The summed E-state index contributed by atoms with van der Waals surface area (Å²) in [5, 5.41) is 3.11. The molecule has 1 aromatic rings. The van der Waals surface area contributed by atoms with Crippen LogP contribution in [0.4, 0.5) is 13.2 Å². The molecule has 0 aliphatic carbocycles. The molecule has 1 N–H and O–H groups in total. The van der Waals surface area contributed by atoms with Gasteiger partial charge < -0.3 is 14.8 Å². The van der Waals surface area contributed by atoms with E-state index >= 15 is 0 Å². The van der Waals surface area contributed by atoms with Crippen LogP contribution in [0.2, 0.25) is 0 Å². The van der Waals surface area contributed by atoms with Crippen molar-refractivity contribution < 1.29 is 22.6 Å². The van der Waals surface area contributed by atoms with E-state index in [9.17, 15) is 13.2 Å². The molecule has 0 radical (unpaired) electrons. The highest BCUT2D eigenvalue weighted by atomic mass is 19.4. The minimum Gasteiger partial charge on any atom is -0.496 e. The second-order valence-electron chi connectivity index (χ2n) is 4.59. The number of hydrogen-bond donors (Lipinski definition) is 1. The van der Waals surface area contributed by atoms with Crippen LogP contribution in [0, 0.1) is 6.92 Å². The molecular weight excluding hydrogens is 271 g/mol. The molecule has 0 fully saturated rings. The molecule has 0 bridgehead atoms. The lowest BCUT2D eigenvalue weighted by atomic mass is 10.0. The van der Waals surface area contributed by atoms with E-state index in [0.29, 0.717) is 6.54 Å². The van der Waals surface area contributed by atoms with Gasteiger partial charge in [0.15, 0.2) is 0 Å². The zero-order chi connectivity index (χ0) is 15.2. The van der Waals surface area contributed by atoms with Gasteiger partial charge in [-0.3, -0.25) is 0 Å². The van der Waals surface area contributed by atoms with E-state index in [4.69, 9.17) is 4.74 Å². The zero-order valence-electron chi connectivity index (χ0n) is 11.9. The quantitative estimate of drug-likeness (QED) is 0.782. The molecule has 6 heteroatoms. The molecule has 114 valence electrons.